The summed E-state index contributed by atoms with van der Waals surface area (Å²) in [4.78, 5) is 18.8. The quantitative estimate of drug-likeness (QED) is 0.173. The fraction of sp³-hybridized carbons (Fsp3) is 0.333. The maximum atomic E-state index is 13.8. The van der Waals surface area contributed by atoms with Crippen LogP contribution in [0.3, 0.4) is 0 Å². The van der Waals surface area contributed by atoms with Gasteiger partial charge in [-0.1, -0.05) is 59.6 Å². The molecule has 4 aromatic rings. The molecule has 1 saturated heterocycles. The summed E-state index contributed by atoms with van der Waals surface area (Å²) in [5.41, 5.74) is 3.25. The fourth-order valence-corrected chi connectivity index (χ4v) is 7.30. The topological polar surface area (TPSA) is 73.6 Å². The first-order valence-corrected chi connectivity index (χ1v) is 17.4. The zero-order valence-electron chi connectivity index (χ0n) is 25.8. The summed E-state index contributed by atoms with van der Waals surface area (Å²) < 4.78 is 17.6. The van der Waals surface area contributed by atoms with Crippen molar-refractivity contribution in [3.63, 3.8) is 0 Å². The monoisotopic (exact) mass is 661 g/mol. The van der Waals surface area contributed by atoms with Gasteiger partial charge in [0.15, 0.2) is 0 Å². The molecule has 0 saturated carbocycles. The number of likely N-dealkylation sites (N-methyl/N-ethyl adjacent to an activating group) is 1. The maximum Gasteiger partial charge on any atom is 0.254 e. The smallest absolute Gasteiger partial charge is 0.254 e. The molecule has 1 aliphatic heterocycles. The average Bonchev–Trinajstić information content (AvgIpc) is 3.06. The number of ether oxygens (including phenoxy) is 1. The van der Waals surface area contributed by atoms with E-state index in [4.69, 9.17) is 27.9 Å². The number of fused-ring (bicyclic) bond motifs is 1. The van der Waals surface area contributed by atoms with E-state index in [0.717, 1.165) is 60.1 Å². The first-order valence-electron chi connectivity index (χ1n) is 15.1. The molecule has 1 amide bonds. The molecule has 0 spiro atoms. The van der Waals surface area contributed by atoms with Gasteiger partial charge in [-0.05, 0) is 103 Å². The number of halogens is 2. The van der Waals surface area contributed by atoms with E-state index in [1.54, 1.807) is 24.3 Å². The van der Waals surface area contributed by atoms with Crippen LogP contribution in [0.2, 0.25) is 10.0 Å². The molecule has 234 valence electrons. The largest absolute Gasteiger partial charge is 0.495 e. The normalized spacial score (nSPS) is 15.4. The van der Waals surface area contributed by atoms with Gasteiger partial charge >= 0.3 is 0 Å². The Morgan fingerprint density at radius 3 is 2.51 bits per heavy atom. The highest BCUT2D eigenvalue weighted by Crippen LogP contribution is 2.34. The van der Waals surface area contributed by atoms with E-state index in [1.165, 1.54) is 5.56 Å². The predicted octanol–water partition coefficient (Wildman–Crippen LogP) is 7.89. The average molecular weight is 663 g/mol. The van der Waals surface area contributed by atoms with Gasteiger partial charge in [0.2, 0.25) is 0 Å². The summed E-state index contributed by atoms with van der Waals surface area (Å²) in [5.74, 6) is 1.01. The van der Waals surface area contributed by atoms with E-state index in [-0.39, 0.29) is 11.8 Å². The molecule has 2 atom stereocenters. The van der Waals surface area contributed by atoms with Crippen LogP contribution in [0.25, 0.3) is 10.8 Å². The third-order valence-electron chi connectivity index (χ3n) is 8.83. The van der Waals surface area contributed by atoms with Gasteiger partial charge in [-0.15, -0.1) is 0 Å². The molecule has 0 radical (unpaired) electrons. The second kappa shape index (κ2) is 14.8. The van der Waals surface area contributed by atoms with Crippen molar-refractivity contribution in [3.8, 4) is 11.8 Å². The number of hydrogen-bond donors (Lipinski definition) is 0. The van der Waals surface area contributed by atoms with Crippen LogP contribution in [0.15, 0.2) is 77.7 Å². The van der Waals surface area contributed by atoms with Gasteiger partial charge in [0, 0.05) is 31.3 Å². The number of rotatable bonds is 10. The molecular formula is C36H37Cl2N3O3S. The Kier molecular flexibility index (Phi) is 10.8. The molecule has 0 unspecified atom stereocenters. The third-order valence-corrected chi connectivity index (χ3v) is 10.5. The van der Waals surface area contributed by atoms with Crippen LogP contribution in [-0.2, 0) is 10.8 Å². The second-order valence-corrected chi connectivity index (χ2v) is 13.8. The van der Waals surface area contributed by atoms with Crippen molar-refractivity contribution in [1.29, 1.82) is 5.26 Å². The summed E-state index contributed by atoms with van der Waals surface area (Å²) in [5, 5.41) is 12.3. The molecule has 0 N–H and O–H groups in total. The van der Waals surface area contributed by atoms with E-state index < -0.39 is 10.8 Å². The second-order valence-electron chi connectivity index (χ2n) is 11.7. The first kappa shape index (κ1) is 33.0. The number of nitriles is 1. The Bertz CT molecular complexity index is 1760. The molecule has 9 heteroatoms. The predicted molar refractivity (Wildman–Crippen MR) is 183 cm³/mol. The highest BCUT2D eigenvalue weighted by atomic mass is 35.5. The lowest BCUT2D eigenvalue weighted by Crippen LogP contribution is -2.36. The van der Waals surface area contributed by atoms with Crippen molar-refractivity contribution < 1.29 is 13.7 Å². The lowest BCUT2D eigenvalue weighted by molar-refractivity contribution is 0.0783. The van der Waals surface area contributed by atoms with Crippen molar-refractivity contribution in [2.24, 2.45) is 0 Å². The Hall–Kier alpha value is -3.41. The molecule has 1 aliphatic rings. The first-order chi connectivity index (χ1) is 21.7. The fourth-order valence-electron chi connectivity index (χ4n) is 6.30. The van der Waals surface area contributed by atoms with Crippen molar-refractivity contribution in [2.75, 3.05) is 46.6 Å². The molecule has 4 aromatic carbocycles. The van der Waals surface area contributed by atoms with Crippen LogP contribution in [-0.4, -0.2) is 66.5 Å². The number of benzene rings is 4. The highest BCUT2D eigenvalue weighted by molar-refractivity contribution is 7.84. The number of piperidine rings is 1. The Labute approximate surface area is 277 Å². The molecule has 5 rings (SSSR count). The molecule has 1 heterocycles. The summed E-state index contributed by atoms with van der Waals surface area (Å²) in [7, 11) is 2.35. The van der Waals surface area contributed by atoms with Crippen LogP contribution in [0.5, 0.6) is 5.75 Å². The van der Waals surface area contributed by atoms with Crippen molar-refractivity contribution in [2.45, 2.75) is 36.0 Å². The maximum absolute atomic E-state index is 13.8. The van der Waals surface area contributed by atoms with E-state index in [9.17, 15) is 14.3 Å². The van der Waals surface area contributed by atoms with E-state index in [0.29, 0.717) is 39.4 Å². The van der Waals surface area contributed by atoms with Crippen molar-refractivity contribution >= 4 is 50.7 Å². The van der Waals surface area contributed by atoms with E-state index in [2.05, 4.69) is 17.0 Å². The lowest BCUT2D eigenvalue weighted by atomic mass is 9.88. The number of amides is 1. The van der Waals surface area contributed by atoms with E-state index >= 15 is 0 Å². The van der Waals surface area contributed by atoms with Gasteiger partial charge in [-0.25, -0.2) is 0 Å². The summed E-state index contributed by atoms with van der Waals surface area (Å²) in [6.45, 7) is 3.29. The SMILES string of the molecule is COc1cc(C2CCN(CC[C@H](CN(C)C(=O)c3cc(C#N)cc4ccccc34)c3ccc(Cl)c(Cl)c3)CC2)ccc1[S@@](C)=O. The van der Waals surface area contributed by atoms with Crippen molar-refractivity contribution in [3.05, 3.63) is 105 Å². The van der Waals surface area contributed by atoms with Crippen LogP contribution < -0.4 is 4.74 Å². The van der Waals surface area contributed by atoms with Gasteiger partial charge in [0.1, 0.15) is 5.75 Å². The minimum atomic E-state index is -1.10. The lowest BCUT2D eigenvalue weighted by Gasteiger charge is -2.34. The Balaban J connectivity index is 1.29. The van der Waals surface area contributed by atoms with Crippen LogP contribution in [0, 0.1) is 11.3 Å². The molecule has 45 heavy (non-hydrogen) atoms. The molecule has 1 fully saturated rings. The number of methoxy groups -OCH3 is 1. The minimum Gasteiger partial charge on any atom is -0.495 e. The van der Waals surface area contributed by atoms with Crippen LogP contribution in [0.4, 0.5) is 0 Å². The zero-order chi connectivity index (χ0) is 32.1. The molecule has 0 aromatic heterocycles. The molecule has 0 bridgehead atoms. The number of likely N-dealkylation sites (tertiary alicyclic amines) is 1. The Morgan fingerprint density at radius 2 is 1.82 bits per heavy atom. The van der Waals surface area contributed by atoms with Gasteiger partial charge in [0.05, 0.1) is 44.5 Å². The summed E-state index contributed by atoms with van der Waals surface area (Å²) >= 11 is 12.7. The highest BCUT2D eigenvalue weighted by Gasteiger charge is 2.25. The van der Waals surface area contributed by atoms with Crippen LogP contribution >= 0.6 is 23.2 Å². The van der Waals surface area contributed by atoms with Gasteiger partial charge in [-0.2, -0.15) is 5.26 Å². The number of carbonyl (C=O) groups excluding carboxylic acids is 1. The minimum absolute atomic E-state index is 0.0311. The third kappa shape index (κ3) is 7.70. The van der Waals surface area contributed by atoms with Crippen molar-refractivity contribution in [1.82, 2.24) is 9.80 Å². The number of nitrogens with zero attached hydrogens (tertiary/aromatic N) is 3. The van der Waals surface area contributed by atoms with Gasteiger partial charge in [-0.3, -0.25) is 9.00 Å². The van der Waals surface area contributed by atoms with Crippen LogP contribution in [0.1, 0.15) is 58.1 Å². The standard InChI is InChI=1S/C36H37Cl2N3O3S/c1-40(36(42)31-19-24(22-39)18-28-6-4-5-7-30(28)31)23-29(26-8-10-32(37)33(38)20-26)14-17-41-15-12-25(13-16-41)27-9-11-35(45(3)43)34(21-27)44-2/h4-11,18-21,25,29H,12-17,23H2,1-3H3/t29-,45-/m1/s1. The molecule has 0 aliphatic carbocycles. The van der Waals surface area contributed by atoms with Gasteiger partial charge < -0.3 is 14.5 Å². The number of carbonyl (C=O) groups is 1. The summed E-state index contributed by atoms with van der Waals surface area (Å²) in [6, 6.07) is 25.1. The zero-order valence-corrected chi connectivity index (χ0v) is 28.1. The number of hydrogen-bond acceptors (Lipinski definition) is 5. The molecule has 6 nitrogen and oxygen atoms in total. The van der Waals surface area contributed by atoms with Gasteiger partial charge in [0.25, 0.3) is 5.91 Å². The van der Waals surface area contributed by atoms with E-state index in [1.807, 2.05) is 67.7 Å². The Morgan fingerprint density at radius 1 is 1.07 bits per heavy atom. The summed E-state index contributed by atoms with van der Waals surface area (Å²) in [6.07, 6.45) is 4.55. The molecular weight excluding hydrogens is 625 g/mol.